The van der Waals surface area contributed by atoms with Crippen LogP contribution >= 0.6 is 15.9 Å². The van der Waals surface area contributed by atoms with Crippen molar-refractivity contribution in [3.8, 4) is 0 Å². The molecule has 2 N–H and O–H groups in total. The van der Waals surface area contributed by atoms with E-state index in [1.54, 1.807) is 17.0 Å². The van der Waals surface area contributed by atoms with Crippen molar-refractivity contribution in [1.29, 1.82) is 0 Å². The summed E-state index contributed by atoms with van der Waals surface area (Å²) in [6.07, 6.45) is 5.46. The molecule has 0 aliphatic carbocycles. The molecule has 5 nitrogen and oxygen atoms in total. The molecular weight excluding hydrogens is 356 g/mol. The molecule has 1 saturated heterocycles. The van der Waals surface area contributed by atoms with Crippen molar-refractivity contribution >= 4 is 31.9 Å². The lowest BCUT2D eigenvalue weighted by Gasteiger charge is -2.25. The van der Waals surface area contributed by atoms with E-state index in [0.717, 1.165) is 38.8 Å². The van der Waals surface area contributed by atoms with Gasteiger partial charge in [0.2, 0.25) is 10.0 Å². The minimum atomic E-state index is -3.85. The minimum Gasteiger partial charge on any atom is -0.339 e. The number of hydrogen-bond donors (Lipinski definition) is 1. The second-order valence-electron chi connectivity index (χ2n) is 5.25. The van der Waals surface area contributed by atoms with Crippen LogP contribution in [0.25, 0.3) is 0 Å². The van der Waals surface area contributed by atoms with Gasteiger partial charge in [-0.2, -0.15) is 0 Å². The number of benzene rings is 1. The van der Waals surface area contributed by atoms with Gasteiger partial charge >= 0.3 is 0 Å². The summed E-state index contributed by atoms with van der Waals surface area (Å²) < 4.78 is 23.4. The summed E-state index contributed by atoms with van der Waals surface area (Å²) in [4.78, 5) is 14.3. The lowest BCUT2D eigenvalue weighted by Crippen LogP contribution is -2.34. The summed E-state index contributed by atoms with van der Waals surface area (Å²) in [5, 5.41) is 5.17. The summed E-state index contributed by atoms with van der Waals surface area (Å²) in [6, 6.07) is 4.53. The average molecular weight is 375 g/mol. The van der Waals surface area contributed by atoms with Crippen LogP contribution in [0.2, 0.25) is 0 Å². The van der Waals surface area contributed by atoms with E-state index < -0.39 is 10.0 Å². The van der Waals surface area contributed by atoms with Crippen molar-refractivity contribution in [3.63, 3.8) is 0 Å². The Kier molecular flexibility index (Phi) is 5.40. The summed E-state index contributed by atoms with van der Waals surface area (Å²) in [6.45, 7) is 1.44. The van der Waals surface area contributed by atoms with Gasteiger partial charge < -0.3 is 4.90 Å². The number of carbonyl (C=O) groups excluding carboxylic acids is 1. The van der Waals surface area contributed by atoms with Gasteiger partial charge in [0.25, 0.3) is 5.91 Å². The number of amides is 1. The van der Waals surface area contributed by atoms with E-state index in [4.69, 9.17) is 5.14 Å². The predicted molar refractivity (Wildman–Crippen MR) is 84.5 cm³/mol. The number of rotatable bonds is 2. The molecule has 0 unspecified atom stereocenters. The standard InChI is InChI=1S/C14H19BrN2O3S/c15-12-7-6-11(10-13(12)21(16,19)20)14(18)17-8-4-2-1-3-5-9-17/h6-7,10H,1-5,8-9H2,(H2,16,19,20). The highest BCUT2D eigenvalue weighted by Gasteiger charge is 2.20. The molecule has 0 atom stereocenters. The monoisotopic (exact) mass is 374 g/mol. The summed E-state index contributed by atoms with van der Waals surface area (Å²) in [7, 11) is -3.85. The Morgan fingerprint density at radius 1 is 1.10 bits per heavy atom. The number of nitrogens with two attached hydrogens (primary N) is 1. The Labute approximate surface area is 133 Å². The Morgan fingerprint density at radius 2 is 1.67 bits per heavy atom. The average Bonchev–Trinajstić information content (AvgIpc) is 2.36. The van der Waals surface area contributed by atoms with Crippen LogP contribution in [0.4, 0.5) is 0 Å². The van der Waals surface area contributed by atoms with E-state index in [9.17, 15) is 13.2 Å². The molecule has 7 heteroatoms. The van der Waals surface area contributed by atoms with Crippen molar-refractivity contribution in [2.75, 3.05) is 13.1 Å². The Bertz CT molecular complexity index is 623. The molecule has 116 valence electrons. The fourth-order valence-corrected chi connectivity index (χ4v) is 4.04. The molecule has 1 amide bonds. The fraction of sp³-hybridized carbons (Fsp3) is 0.500. The molecule has 2 rings (SSSR count). The quantitative estimate of drug-likeness (QED) is 0.863. The third-order valence-corrected chi connectivity index (χ3v) is 5.53. The van der Waals surface area contributed by atoms with Gasteiger partial charge in [0.1, 0.15) is 0 Å². The first kappa shape index (κ1) is 16.5. The smallest absolute Gasteiger partial charge is 0.253 e. The number of nitrogens with zero attached hydrogens (tertiary/aromatic N) is 1. The molecule has 1 fully saturated rings. The number of primary sulfonamides is 1. The van der Waals surface area contributed by atoms with Crippen LogP contribution in [0.15, 0.2) is 27.6 Å². The van der Waals surface area contributed by atoms with E-state index in [1.165, 1.54) is 12.5 Å². The second kappa shape index (κ2) is 6.89. The van der Waals surface area contributed by atoms with Crippen LogP contribution in [0.1, 0.15) is 42.5 Å². The van der Waals surface area contributed by atoms with Gasteiger partial charge in [-0.05, 0) is 47.0 Å². The van der Waals surface area contributed by atoms with Crippen LogP contribution in [-0.4, -0.2) is 32.3 Å². The lowest BCUT2D eigenvalue weighted by atomic mass is 10.1. The molecule has 21 heavy (non-hydrogen) atoms. The molecule has 0 saturated carbocycles. The maximum absolute atomic E-state index is 12.5. The predicted octanol–water partition coefficient (Wildman–Crippen LogP) is 2.50. The number of carbonyl (C=O) groups is 1. The first-order valence-corrected chi connectivity index (χ1v) is 9.35. The molecule has 0 aromatic heterocycles. The van der Waals surface area contributed by atoms with Crippen LogP contribution in [0.3, 0.4) is 0 Å². The first-order valence-electron chi connectivity index (χ1n) is 7.01. The fourth-order valence-electron chi connectivity index (χ4n) is 2.49. The van der Waals surface area contributed by atoms with Gasteiger partial charge in [-0.15, -0.1) is 0 Å². The molecule has 0 spiro atoms. The van der Waals surface area contributed by atoms with Crippen molar-refractivity contribution in [3.05, 3.63) is 28.2 Å². The van der Waals surface area contributed by atoms with Gasteiger partial charge in [0.05, 0.1) is 4.90 Å². The number of likely N-dealkylation sites (tertiary alicyclic amines) is 1. The SMILES string of the molecule is NS(=O)(=O)c1cc(C(=O)N2CCCCCCC2)ccc1Br. The molecule has 1 aliphatic heterocycles. The largest absolute Gasteiger partial charge is 0.339 e. The van der Waals surface area contributed by atoms with Gasteiger partial charge in [0, 0.05) is 23.1 Å². The molecule has 1 heterocycles. The first-order chi connectivity index (χ1) is 9.89. The second-order valence-corrected chi connectivity index (χ2v) is 7.63. The summed E-state index contributed by atoms with van der Waals surface area (Å²) in [5.41, 5.74) is 0.364. The van der Waals surface area contributed by atoms with Crippen molar-refractivity contribution in [2.45, 2.75) is 37.0 Å². The number of hydrogen-bond acceptors (Lipinski definition) is 3. The van der Waals surface area contributed by atoms with E-state index in [-0.39, 0.29) is 10.8 Å². The number of halogens is 1. The van der Waals surface area contributed by atoms with E-state index in [0.29, 0.717) is 10.0 Å². The van der Waals surface area contributed by atoms with E-state index in [2.05, 4.69) is 15.9 Å². The third kappa shape index (κ3) is 4.28. The van der Waals surface area contributed by atoms with E-state index in [1.807, 2.05) is 0 Å². The normalized spacial score (nSPS) is 17.1. The molecule has 1 aromatic carbocycles. The van der Waals surface area contributed by atoms with Crippen LogP contribution in [-0.2, 0) is 10.0 Å². The Morgan fingerprint density at radius 3 is 2.24 bits per heavy atom. The molecule has 1 aromatic rings. The zero-order valence-corrected chi connectivity index (χ0v) is 14.1. The lowest BCUT2D eigenvalue weighted by molar-refractivity contribution is 0.0742. The Hall–Kier alpha value is -0.920. The summed E-state index contributed by atoms with van der Waals surface area (Å²) in [5.74, 6) is -0.130. The third-order valence-electron chi connectivity index (χ3n) is 3.63. The zero-order valence-electron chi connectivity index (χ0n) is 11.7. The highest BCUT2D eigenvalue weighted by Crippen LogP contribution is 2.23. The maximum atomic E-state index is 12.5. The maximum Gasteiger partial charge on any atom is 0.253 e. The highest BCUT2D eigenvalue weighted by atomic mass is 79.9. The zero-order chi connectivity index (χ0) is 15.5. The van der Waals surface area contributed by atoms with Crippen LogP contribution in [0, 0.1) is 0 Å². The number of sulfonamides is 1. The van der Waals surface area contributed by atoms with Gasteiger partial charge in [0.15, 0.2) is 0 Å². The highest BCUT2D eigenvalue weighted by molar-refractivity contribution is 9.10. The minimum absolute atomic E-state index is 0.0552. The van der Waals surface area contributed by atoms with Crippen molar-refractivity contribution in [2.24, 2.45) is 5.14 Å². The molecular formula is C14H19BrN2O3S. The van der Waals surface area contributed by atoms with Crippen LogP contribution < -0.4 is 5.14 Å². The van der Waals surface area contributed by atoms with Crippen LogP contribution in [0.5, 0.6) is 0 Å². The van der Waals surface area contributed by atoms with Gasteiger partial charge in [-0.1, -0.05) is 19.3 Å². The molecule has 0 bridgehead atoms. The topological polar surface area (TPSA) is 80.5 Å². The van der Waals surface area contributed by atoms with Crippen molar-refractivity contribution in [1.82, 2.24) is 4.90 Å². The Balaban J connectivity index is 2.26. The van der Waals surface area contributed by atoms with Crippen molar-refractivity contribution < 1.29 is 13.2 Å². The summed E-state index contributed by atoms with van der Waals surface area (Å²) >= 11 is 3.15. The van der Waals surface area contributed by atoms with Gasteiger partial charge in [-0.3, -0.25) is 4.79 Å². The molecule has 0 radical (unpaired) electrons. The van der Waals surface area contributed by atoms with E-state index >= 15 is 0 Å². The molecule has 1 aliphatic rings. The van der Waals surface area contributed by atoms with Gasteiger partial charge in [-0.25, -0.2) is 13.6 Å².